The number of nitrogens with zero attached hydrogens (tertiary/aromatic N) is 1. The van der Waals surface area contributed by atoms with Crippen LogP contribution in [0.2, 0.25) is 0 Å². The third-order valence-corrected chi connectivity index (χ3v) is 5.10. The van der Waals surface area contributed by atoms with E-state index < -0.39 is 0 Å². The molecule has 1 fully saturated rings. The second-order valence-corrected chi connectivity index (χ2v) is 6.71. The summed E-state index contributed by atoms with van der Waals surface area (Å²) in [6, 6.07) is 5.60. The molecule has 3 heterocycles. The van der Waals surface area contributed by atoms with Gasteiger partial charge >= 0.3 is 0 Å². The molecule has 5 nitrogen and oxygen atoms in total. The number of amides is 3. The summed E-state index contributed by atoms with van der Waals surface area (Å²) in [6.45, 7) is -0.205. The molecule has 1 saturated heterocycles. The van der Waals surface area contributed by atoms with Crippen molar-refractivity contribution in [3.8, 4) is 0 Å². The lowest BCUT2D eigenvalue weighted by atomic mass is 10.1. The van der Waals surface area contributed by atoms with E-state index in [-0.39, 0.29) is 43.1 Å². The third-order valence-electron chi connectivity index (χ3n) is 3.47. The summed E-state index contributed by atoms with van der Waals surface area (Å²) in [5.41, 5.74) is 1.000. The molecule has 0 aliphatic carbocycles. The van der Waals surface area contributed by atoms with Gasteiger partial charge in [0.15, 0.2) is 0 Å². The summed E-state index contributed by atoms with van der Waals surface area (Å²) in [7, 11) is 0. The summed E-state index contributed by atoms with van der Waals surface area (Å²) in [4.78, 5) is 37.5. The maximum Gasteiger partial charge on any atom is 0.240 e. The second-order valence-electron chi connectivity index (χ2n) is 4.95. The summed E-state index contributed by atoms with van der Waals surface area (Å²) < 4.78 is 0. The van der Waals surface area contributed by atoms with E-state index in [2.05, 4.69) is 5.32 Å². The quantitative estimate of drug-likeness (QED) is 0.852. The molecule has 0 aromatic carbocycles. The Labute approximate surface area is 135 Å². The van der Waals surface area contributed by atoms with Gasteiger partial charge in [0.2, 0.25) is 17.7 Å². The lowest BCUT2D eigenvalue weighted by Crippen LogP contribution is -2.41. The fourth-order valence-corrected chi connectivity index (χ4v) is 3.85. The van der Waals surface area contributed by atoms with Crippen molar-refractivity contribution in [2.45, 2.75) is 18.9 Å². The molecule has 3 amide bonds. The fraction of sp³-hybridized carbons (Fsp3) is 0.267. The molecule has 1 aliphatic rings. The van der Waals surface area contributed by atoms with Crippen molar-refractivity contribution in [2.24, 2.45) is 0 Å². The lowest BCUT2D eigenvalue weighted by Gasteiger charge is -2.19. The standard InChI is InChI=1S/C15H14N2O3S2/c18-12(8-17-13(19)3-4-14(17)20)16-15(10-5-7-21-9-10)11-2-1-6-22-11/h1-2,5-7,9,15H,3-4,8H2,(H,16,18)/t15-/m1/s1. The number of rotatable bonds is 5. The van der Waals surface area contributed by atoms with Crippen LogP contribution in [0.4, 0.5) is 0 Å². The third kappa shape index (κ3) is 3.10. The normalized spacial score (nSPS) is 16.1. The number of carbonyl (C=O) groups is 3. The molecule has 2 aromatic heterocycles. The Balaban J connectivity index is 1.72. The van der Waals surface area contributed by atoms with Gasteiger partial charge in [-0.05, 0) is 33.8 Å². The van der Waals surface area contributed by atoms with Gasteiger partial charge < -0.3 is 5.32 Å². The van der Waals surface area contributed by atoms with Gasteiger partial charge in [0.05, 0.1) is 6.04 Å². The van der Waals surface area contributed by atoms with Crippen LogP contribution in [0.15, 0.2) is 34.3 Å². The van der Waals surface area contributed by atoms with Crippen molar-refractivity contribution in [1.82, 2.24) is 10.2 Å². The van der Waals surface area contributed by atoms with Crippen molar-refractivity contribution in [1.29, 1.82) is 0 Å². The first-order valence-corrected chi connectivity index (χ1v) is 8.65. The average molecular weight is 334 g/mol. The van der Waals surface area contributed by atoms with Gasteiger partial charge in [-0.15, -0.1) is 11.3 Å². The molecule has 0 unspecified atom stereocenters. The van der Waals surface area contributed by atoms with E-state index in [1.807, 2.05) is 34.3 Å². The highest BCUT2D eigenvalue weighted by atomic mass is 32.1. The summed E-state index contributed by atoms with van der Waals surface area (Å²) in [5, 5.41) is 8.81. The smallest absolute Gasteiger partial charge is 0.240 e. The Morgan fingerprint density at radius 3 is 2.59 bits per heavy atom. The van der Waals surface area contributed by atoms with Gasteiger partial charge in [-0.25, -0.2) is 0 Å². The predicted molar refractivity (Wildman–Crippen MR) is 84.6 cm³/mol. The predicted octanol–water partition coefficient (Wildman–Crippen LogP) is 2.16. The van der Waals surface area contributed by atoms with Gasteiger partial charge in [-0.1, -0.05) is 6.07 Å². The van der Waals surface area contributed by atoms with Gasteiger partial charge in [0.1, 0.15) is 6.54 Å². The molecule has 1 N–H and O–H groups in total. The Morgan fingerprint density at radius 1 is 1.23 bits per heavy atom. The highest BCUT2D eigenvalue weighted by molar-refractivity contribution is 7.10. The molecule has 0 bridgehead atoms. The van der Waals surface area contributed by atoms with E-state index in [4.69, 9.17) is 0 Å². The Kier molecular flexibility index (Phi) is 4.35. The molecule has 0 spiro atoms. The van der Waals surface area contributed by atoms with Crippen LogP contribution < -0.4 is 5.32 Å². The number of likely N-dealkylation sites (tertiary alicyclic amines) is 1. The summed E-state index contributed by atoms with van der Waals surface area (Å²) in [5.74, 6) is -0.875. The van der Waals surface area contributed by atoms with Crippen LogP contribution >= 0.6 is 22.7 Å². The first-order chi connectivity index (χ1) is 10.6. The number of carbonyl (C=O) groups excluding carboxylic acids is 3. The Morgan fingerprint density at radius 2 is 2.00 bits per heavy atom. The first-order valence-electron chi connectivity index (χ1n) is 6.83. The number of imide groups is 1. The highest BCUT2D eigenvalue weighted by Crippen LogP contribution is 2.27. The van der Waals surface area contributed by atoms with Gasteiger partial charge in [-0.2, -0.15) is 11.3 Å². The minimum Gasteiger partial charge on any atom is -0.343 e. The topological polar surface area (TPSA) is 66.5 Å². The SMILES string of the molecule is O=C(CN1C(=O)CCC1=O)N[C@H](c1ccsc1)c1cccs1. The molecule has 2 aromatic rings. The van der Waals surface area contributed by atoms with Crippen molar-refractivity contribution >= 4 is 40.4 Å². The van der Waals surface area contributed by atoms with Gasteiger partial charge in [0.25, 0.3) is 0 Å². The van der Waals surface area contributed by atoms with Crippen LogP contribution in [0.3, 0.4) is 0 Å². The van der Waals surface area contributed by atoms with E-state index in [0.717, 1.165) is 15.3 Å². The highest BCUT2D eigenvalue weighted by Gasteiger charge is 2.31. The molecule has 22 heavy (non-hydrogen) atoms. The Hall–Kier alpha value is -1.99. The van der Waals surface area contributed by atoms with Crippen LogP contribution in [0, 0.1) is 0 Å². The van der Waals surface area contributed by atoms with Crippen molar-refractivity contribution in [2.75, 3.05) is 6.54 Å². The lowest BCUT2D eigenvalue weighted by molar-refractivity contribution is -0.142. The molecule has 1 aliphatic heterocycles. The zero-order chi connectivity index (χ0) is 15.5. The van der Waals surface area contributed by atoms with Crippen LogP contribution in [-0.2, 0) is 14.4 Å². The van der Waals surface area contributed by atoms with E-state index in [9.17, 15) is 14.4 Å². The molecule has 0 radical (unpaired) electrons. The molecule has 7 heteroatoms. The zero-order valence-corrected chi connectivity index (χ0v) is 13.3. The van der Waals surface area contributed by atoms with Crippen molar-refractivity contribution in [3.63, 3.8) is 0 Å². The average Bonchev–Trinajstić information content (AvgIpc) is 3.23. The van der Waals surface area contributed by atoms with E-state index in [0.29, 0.717) is 0 Å². The minimum atomic E-state index is -0.326. The fourth-order valence-electron chi connectivity index (χ4n) is 2.36. The Bertz CT molecular complexity index is 629. The molecule has 3 rings (SSSR count). The van der Waals surface area contributed by atoms with E-state index in [1.54, 1.807) is 22.7 Å². The summed E-state index contributed by atoms with van der Waals surface area (Å²) in [6.07, 6.45) is 0.399. The molecule has 114 valence electrons. The zero-order valence-electron chi connectivity index (χ0n) is 11.7. The number of hydrogen-bond donors (Lipinski definition) is 1. The first kappa shape index (κ1) is 14.9. The van der Waals surface area contributed by atoms with Crippen LogP contribution in [0.1, 0.15) is 29.3 Å². The molecular formula is C15H14N2O3S2. The largest absolute Gasteiger partial charge is 0.343 e. The maximum absolute atomic E-state index is 12.2. The van der Waals surface area contributed by atoms with Crippen molar-refractivity contribution in [3.05, 3.63) is 44.8 Å². The molecular weight excluding hydrogens is 320 g/mol. The molecule has 0 saturated carbocycles. The number of thiophene rings is 2. The van der Waals surface area contributed by atoms with Crippen LogP contribution in [0.5, 0.6) is 0 Å². The maximum atomic E-state index is 12.2. The van der Waals surface area contributed by atoms with Crippen molar-refractivity contribution < 1.29 is 14.4 Å². The van der Waals surface area contributed by atoms with Gasteiger partial charge in [0, 0.05) is 17.7 Å². The van der Waals surface area contributed by atoms with Crippen LogP contribution in [0.25, 0.3) is 0 Å². The minimum absolute atomic E-state index is 0.199. The number of hydrogen-bond acceptors (Lipinski definition) is 5. The monoisotopic (exact) mass is 334 g/mol. The van der Waals surface area contributed by atoms with E-state index in [1.165, 1.54) is 0 Å². The van der Waals surface area contributed by atoms with Gasteiger partial charge in [-0.3, -0.25) is 19.3 Å². The molecule has 1 atom stereocenters. The summed E-state index contributed by atoms with van der Waals surface area (Å²) >= 11 is 3.12. The van der Waals surface area contributed by atoms with E-state index >= 15 is 0 Å². The van der Waals surface area contributed by atoms with Crippen LogP contribution in [-0.4, -0.2) is 29.2 Å². The second kappa shape index (κ2) is 6.41. The number of nitrogens with one attached hydrogen (secondary N) is 1.